The molecule has 1 saturated heterocycles. The van der Waals surface area contributed by atoms with E-state index in [0.29, 0.717) is 24.7 Å². The summed E-state index contributed by atoms with van der Waals surface area (Å²) in [5.41, 5.74) is 0.979. The number of ether oxygens (including phenoxy) is 3. The zero-order valence-electron chi connectivity index (χ0n) is 14.5. The van der Waals surface area contributed by atoms with E-state index >= 15 is 0 Å². The van der Waals surface area contributed by atoms with E-state index in [0.717, 1.165) is 24.9 Å². The second-order valence-corrected chi connectivity index (χ2v) is 5.63. The summed E-state index contributed by atoms with van der Waals surface area (Å²) in [6, 6.07) is 5.54. The van der Waals surface area contributed by atoms with Crippen LogP contribution in [0.3, 0.4) is 0 Å². The summed E-state index contributed by atoms with van der Waals surface area (Å²) in [5, 5.41) is 6.25. The molecule has 1 amide bonds. The van der Waals surface area contributed by atoms with Crippen LogP contribution in [0.2, 0.25) is 0 Å². The molecule has 1 aliphatic heterocycles. The average molecular weight is 359 g/mol. The molecule has 2 rings (SSSR count). The van der Waals surface area contributed by atoms with Crippen LogP contribution in [-0.4, -0.2) is 45.9 Å². The van der Waals surface area contributed by atoms with E-state index in [1.807, 2.05) is 25.1 Å². The molecule has 0 radical (unpaired) electrons. The molecule has 0 spiro atoms. The molecule has 1 aromatic rings. The van der Waals surface area contributed by atoms with Gasteiger partial charge in [0.15, 0.2) is 11.5 Å². The van der Waals surface area contributed by atoms with Crippen LogP contribution in [0.25, 0.3) is 0 Å². The molecule has 1 heterocycles. The highest BCUT2D eigenvalue weighted by atomic mass is 35.5. The molecule has 0 saturated carbocycles. The van der Waals surface area contributed by atoms with Crippen molar-refractivity contribution in [2.75, 3.05) is 34.0 Å². The van der Waals surface area contributed by atoms with Crippen LogP contribution >= 0.6 is 12.4 Å². The molecule has 136 valence electrons. The lowest BCUT2D eigenvalue weighted by Gasteiger charge is -2.19. The van der Waals surface area contributed by atoms with Gasteiger partial charge < -0.3 is 24.8 Å². The molecule has 7 heteroatoms. The SMILES string of the molecule is COCCOc1ccc(C(C)NC(=O)C2CCCN2)cc1OC.Cl. The van der Waals surface area contributed by atoms with Crippen molar-refractivity contribution < 1.29 is 19.0 Å². The van der Waals surface area contributed by atoms with Gasteiger partial charge in [0.2, 0.25) is 5.91 Å². The standard InChI is InChI=1S/C17H26N2O4.ClH/c1-12(19-17(20)14-5-4-8-18-14)13-6-7-15(16(11-13)22-3)23-10-9-21-2;/h6-7,11-12,14,18H,4-5,8-10H2,1-3H3,(H,19,20);1H. The van der Waals surface area contributed by atoms with Gasteiger partial charge in [-0.2, -0.15) is 0 Å². The number of amides is 1. The molecule has 0 aliphatic carbocycles. The Labute approximate surface area is 149 Å². The normalized spacial score (nSPS) is 17.7. The number of carbonyl (C=O) groups is 1. The second kappa shape index (κ2) is 10.4. The highest BCUT2D eigenvalue weighted by Gasteiger charge is 2.23. The Kier molecular flexibility index (Phi) is 8.89. The first-order valence-electron chi connectivity index (χ1n) is 7.99. The Balaban J connectivity index is 0.00000288. The third-order valence-electron chi connectivity index (χ3n) is 3.97. The molecule has 6 nitrogen and oxygen atoms in total. The molecule has 0 aromatic heterocycles. The maximum Gasteiger partial charge on any atom is 0.237 e. The van der Waals surface area contributed by atoms with Gasteiger partial charge in [-0.3, -0.25) is 4.79 Å². The molecule has 2 atom stereocenters. The number of hydrogen-bond donors (Lipinski definition) is 2. The first-order valence-corrected chi connectivity index (χ1v) is 7.99. The van der Waals surface area contributed by atoms with Crippen molar-refractivity contribution in [3.05, 3.63) is 23.8 Å². The van der Waals surface area contributed by atoms with Crippen molar-refractivity contribution in [3.63, 3.8) is 0 Å². The number of benzene rings is 1. The van der Waals surface area contributed by atoms with Crippen LogP contribution in [0.4, 0.5) is 0 Å². The maximum atomic E-state index is 12.2. The summed E-state index contributed by atoms with van der Waals surface area (Å²) < 4.78 is 16.0. The van der Waals surface area contributed by atoms with Gasteiger partial charge in [0.05, 0.1) is 25.8 Å². The minimum Gasteiger partial charge on any atom is -0.493 e. The maximum absolute atomic E-state index is 12.2. The van der Waals surface area contributed by atoms with E-state index < -0.39 is 0 Å². The summed E-state index contributed by atoms with van der Waals surface area (Å²) in [6.07, 6.45) is 1.95. The number of hydrogen-bond acceptors (Lipinski definition) is 5. The fraction of sp³-hybridized carbons (Fsp3) is 0.588. The first kappa shape index (κ1) is 20.5. The smallest absolute Gasteiger partial charge is 0.237 e. The van der Waals surface area contributed by atoms with E-state index in [4.69, 9.17) is 14.2 Å². The second-order valence-electron chi connectivity index (χ2n) is 5.63. The topological polar surface area (TPSA) is 68.8 Å². The lowest BCUT2D eigenvalue weighted by Crippen LogP contribution is -2.41. The largest absolute Gasteiger partial charge is 0.493 e. The van der Waals surface area contributed by atoms with E-state index in [-0.39, 0.29) is 30.4 Å². The van der Waals surface area contributed by atoms with Crippen LogP contribution in [0, 0.1) is 0 Å². The molecular weight excluding hydrogens is 332 g/mol. The predicted molar refractivity (Wildman–Crippen MR) is 95.2 cm³/mol. The summed E-state index contributed by atoms with van der Waals surface area (Å²) in [6.45, 7) is 3.86. The quantitative estimate of drug-likeness (QED) is 0.696. The van der Waals surface area contributed by atoms with Gasteiger partial charge in [0, 0.05) is 7.11 Å². The summed E-state index contributed by atoms with van der Waals surface area (Å²) >= 11 is 0. The van der Waals surface area contributed by atoms with Crippen LogP contribution < -0.4 is 20.1 Å². The minimum atomic E-state index is -0.0909. The van der Waals surface area contributed by atoms with Crippen molar-refractivity contribution in [1.82, 2.24) is 10.6 Å². The van der Waals surface area contributed by atoms with Crippen molar-refractivity contribution in [2.24, 2.45) is 0 Å². The fourth-order valence-electron chi connectivity index (χ4n) is 2.61. The predicted octanol–water partition coefficient (Wildman–Crippen LogP) is 2.07. The number of nitrogens with one attached hydrogen (secondary N) is 2. The zero-order chi connectivity index (χ0) is 16.7. The third kappa shape index (κ3) is 5.54. The molecule has 1 fully saturated rings. The van der Waals surface area contributed by atoms with E-state index in [9.17, 15) is 4.79 Å². The van der Waals surface area contributed by atoms with Crippen molar-refractivity contribution >= 4 is 18.3 Å². The highest BCUT2D eigenvalue weighted by Crippen LogP contribution is 2.30. The molecule has 2 unspecified atom stereocenters. The molecule has 2 N–H and O–H groups in total. The Hall–Kier alpha value is -1.50. The highest BCUT2D eigenvalue weighted by molar-refractivity contribution is 5.85. The Morgan fingerprint density at radius 3 is 2.75 bits per heavy atom. The monoisotopic (exact) mass is 358 g/mol. The van der Waals surface area contributed by atoms with Crippen LogP contribution in [-0.2, 0) is 9.53 Å². The summed E-state index contributed by atoms with van der Waals surface area (Å²) in [5.74, 6) is 1.37. The van der Waals surface area contributed by atoms with Gasteiger partial charge in [-0.1, -0.05) is 6.07 Å². The summed E-state index contributed by atoms with van der Waals surface area (Å²) in [7, 11) is 3.24. The number of halogens is 1. The van der Waals surface area contributed by atoms with E-state index in [1.54, 1.807) is 14.2 Å². The summed E-state index contributed by atoms with van der Waals surface area (Å²) in [4.78, 5) is 12.2. The van der Waals surface area contributed by atoms with Gasteiger partial charge in [-0.05, 0) is 44.0 Å². The van der Waals surface area contributed by atoms with Crippen molar-refractivity contribution in [1.29, 1.82) is 0 Å². The van der Waals surface area contributed by atoms with Crippen molar-refractivity contribution in [2.45, 2.75) is 31.8 Å². The molecule has 1 aliphatic rings. The molecule has 0 bridgehead atoms. The van der Waals surface area contributed by atoms with Crippen molar-refractivity contribution in [3.8, 4) is 11.5 Å². The first-order chi connectivity index (χ1) is 11.2. The number of carbonyl (C=O) groups excluding carboxylic acids is 1. The van der Waals surface area contributed by atoms with Crippen LogP contribution in [0.5, 0.6) is 11.5 Å². The Bertz CT molecular complexity index is 521. The molecular formula is C17H27ClN2O4. The van der Waals surface area contributed by atoms with Gasteiger partial charge >= 0.3 is 0 Å². The Morgan fingerprint density at radius 2 is 2.12 bits per heavy atom. The molecule has 24 heavy (non-hydrogen) atoms. The number of rotatable bonds is 8. The van der Waals surface area contributed by atoms with Gasteiger partial charge in [-0.15, -0.1) is 12.4 Å². The average Bonchev–Trinajstić information content (AvgIpc) is 3.09. The van der Waals surface area contributed by atoms with Crippen LogP contribution in [0.1, 0.15) is 31.4 Å². The van der Waals surface area contributed by atoms with Crippen LogP contribution in [0.15, 0.2) is 18.2 Å². The van der Waals surface area contributed by atoms with Gasteiger partial charge in [0.25, 0.3) is 0 Å². The van der Waals surface area contributed by atoms with E-state index in [2.05, 4.69) is 10.6 Å². The zero-order valence-corrected chi connectivity index (χ0v) is 15.3. The lowest BCUT2D eigenvalue weighted by molar-refractivity contribution is -0.123. The van der Waals surface area contributed by atoms with E-state index in [1.165, 1.54) is 0 Å². The minimum absolute atomic E-state index is 0. The Morgan fingerprint density at radius 1 is 1.33 bits per heavy atom. The third-order valence-corrected chi connectivity index (χ3v) is 3.97. The van der Waals surface area contributed by atoms with Gasteiger partial charge in [0.1, 0.15) is 6.61 Å². The van der Waals surface area contributed by atoms with Gasteiger partial charge in [-0.25, -0.2) is 0 Å². The lowest BCUT2D eigenvalue weighted by atomic mass is 10.1. The molecule has 1 aromatic carbocycles. The number of methoxy groups -OCH3 is 2. The fourth-order valence-corrected chi connectivity index (χ4v) is 2.61.